The van der Waals surface area contributed by atoms with Crippen LogP contribution in [0.25, 0.3) is 0 Å². The number of nitrogens with zero attached hydrogens (tertiary/aromatic N) is 1. The minimum absolute atomic E-state index is 0.00496. The van der Waals surface area contributed by atoms with E-state index in [-0.39, 0.29) is 16.8 Å². The fourth-order valence-corrected chi connectivity index (χ4v) is 5.20. The van der Waals surface area contributed by atoms with Crippen LogP contribution < -0.4 is 9.62 Å². The highest BCUT2D eigenvalue weighted by atomic mass is 35.5. The molecular formula is C17H20ClF3N2O3S. The molecule has 2 fully saturated rings. The predicted molar refractivity (Wildman–Crippen MR) is 96.0 cm³/mol. The van der Waals surface area contributed by atoms with Crippen LogP contribution in [0, 0.1) is 11.8 Å². The quantitative estimate of drug-likeness (QED) is 0.787. The van der Waals surface area contributed by atoms with Crippen molar-refractivity contribution >= 4 is 33.2 Å². The summed E-state index contributed by atoms with van der Waals surface area (Å²) in [5.41, 5.74) is -1.40. The molecule has 2 aliphatic rings. The van der Waals surface area contributed by atoms with E-state index in [2.05, 4.69) is 5.32 Å². The van der Waals surface area contributed by atoms with Gasteiger partial charge in [0.2, 0.25) is 15.9 Å². The van der Waals surface area contributed by atoms with Crippen molar-refractivity contribution in [2.24, 2.45) is 11.8 Å². The Bertz CT molecular complexity index is 844. The molecule has 10 heteroatoms. The lowest BCUT2D eigenvalue weighted by Gasteiger charge is -2.27. The molecule has 0 unspecified atom stereocenters. The van der Waals surface area contributed by atoms with Crippen LogP contribution in [0.5, 0.6) is 0 Å². The number of anilines is 1. The lowest BCUT2D eigenvalue weighted by Crippen LogP contribution is -2.45. The van der Waals surface area contributed by atoms with E-state index < -0.39 is 34.2 Å². The Hall–Kier alpha value is -1.48. The normalized spacial score (nSPS) is 24.9. The first-order valence-corrected chi connectivity index (χ1v) is 10.8. The molecule has 1 amide bonds. The molecule has 1 N–H and O–H groups in total. The third-order valence-electron chi connectivity index (χ3n) is 5.31. The van der Waals surface area contributed by atoms with Gasteiger partial charge in [-0.1, -0.05) is 18.0 Å². The van der Waals surface area contributed by atoms with Gasteiger partial charge in [0.1, 0.15) is 6.54 Å². The van der Waals surface area contributed by atoms with Crippen LogP contribution in [0.4, 0.5) is 18.9 Å². The van der Waals surface area contributed by atoms with Gasteiger partial charge < -0.3 is 5.32 Å². The molecule has 2 bridgehead atoms. The minimum atomic E-state index is -4.66. The monoisotopic (exact) mass is 424 g/mol. The van der Waals surface area contributed by atoms with Gasteiger partial charge >= 0.3 is 6.18 Å². The smallest absolute Gasteiger partial charge is 0.352 e. The number of fused-ring (bicyclic) bond motifs is 2. The van der Waals surface area contributed by atoms with E-state index in [1.54, 1.807) is 0 Å². The van der Waals surface area contributed by atoms with Crippen LogP contribution in [0.2, 0.25) is 5.02 Å². The molecule has 1 aromatic rings. The fraction of sp³-hybridized carbons (Fsp3) is 0.588. The van der Waals surface area contributed by atoms with Crippen LogP contribution in [0.3, 0.4) is 0 Å². The number of carbonyl (C=O) groups excluding carboxylic acids is 1. The average Bonchev–Trinajstić information content (AvgIpc) is 3.14. The van der Waals surface area contributed by atoms with Crippen LogP contribution in [-0.4, -0.2) is 33.2 Å². The summed E-state index contributed by atoms with van der Waals surface area (Å²) in [6.07, 6.45) is 0.263. The van der Waals surface area contributed by atoms with E-state index in [1.165, 1.54) is 0 Å². The van der Waals surface area contributed by atoms with E-state index in [0.29, 0.717) is 22.2 Å². The average molecular weight is 425 g/mol. The van der Waals surface area contributed by atoms with Crippen LogP contribution >= 0.6 is 11.6 Å². The lowest BCUT2D eigenvalue weighted by molar-refractivity contribution is -0.137. The van der Waals surface area contributed by atoms with Gasteiger partial charge in [0.25, 0.3) is 0 Å². The predicted octanol–water partition coefficient (Wildman–Crippen LogP) is 3.43. The van der Waals surface area contributed by atoms with E-state index in [1.807, 2.05) is 0 Å². The van der Waals surface area contributed by atoms with E-state index in [0.717, 1.165) is 44.1 Å². The second-order valence-corrected chi connectivity index (χ2v) is 9.60. The minimum Gasteiger partial charge on any atom is -0.352 e. The molecule has 2 saturated carbocycles. The molecule has 1 aromatic carbocycles. The molecule has 5 nitrogen and oxygen atoms in total. The highest BCUT2D eigenvalue weighted by molar-refractivity contribution is 7.92. The molecule has 2 aliphatic carbocycles. The van der Waals surface area contributed by atoms with E-state index >= 15 is 0 Å². The molecule has 0 spiro atoms. The summed E-state index contributed by atoms with van der Waals surface area (Å²) < 4.78 is 63.9. The summed E-state index contributed by atoms with van der Waals surface area (Å²) in [6.45, 7) is -0.617. The summed E-state index contributed by atoms with van der Waals surface area (Å²) in [7, 11) is -4.02. The van der Waals surface area contributed by atoms with Crippen LogP contribution in [-0.2, 0) is 21.0 Å². The van der Waals surface area contributed by atoms with E-state index in [9.17, 15) is 26.4 Å². The molecule has 27 heavy (non-hydrogen) atoms. The fourth-order valence-electron chi connectivity index (χ4n) is 4.07. The third kappa shape index (κ3) is 4.51. The summed E-state index contributed by atoms with van der Waals surface area (Å²) in [5, 5.41) is 2.66. The maximum Gasteiger partial charge on any atom is 0.416 e. The molecule has 0 radical (unpaired) electrons. The van der Waals surface area contributed by atoms with Crippen LogP contribution in [0.15, 0.2) is 18.2 Å². The van der Waals surface area contributed by atoms with Gasteiger partial charge in [0.05, 0.1) is 22.5 Å². The van der Waals surface area contributed by atoms with E-state index in [4.69, 9.17) is 11.6 Å². The van der Waals surface area contributed by atoms with Crippen molar-refractivity contribution in [1.82, 2.24) is 5.32 Å². The van der Waals surface area contributed by atoms with Gasteiger partial charge in [-0.3, -0.25) is 9.10 Å². The summed E-state index contributed by atoms with van der Waals surface area (Å²) >= 11 is 5.95. The highest BCUT2D eigenvalue weighted by Crippen LogP contribution is 2.44. The second-order valence-electron chi connectivity index (χ2n) is 7.28. The molecular weight excluding hydrogens is 405 g/mol. The molecule has 0 heterocycles. The Balaban J connectivity index is 1.82. The zero-order valence-corrected chi connectivity index (χ0v) is 16.2. The topological polar surface area (TPSA) is 66.5 Å². The second kappa shape index (κ2) is 7.16. The zero-order chi connectivity index (χ0) is 20.0. The largest absolute Gasteiger partial charge is 0.416 e. The van der Waals surface area contributed by atoms with Gasteiger partial charge in [0.15, 0.2) is 0 Å². The Morgan fingerprint density at radius 3 is 2.52 bits per heavy atom. The summed E-state index contributed by atoms with van der Waals surface area (Å²) in [6, 6.07) is 2.39. The van der Waals surface area contributed by atoms with Crippen LogP contribution in [0.1, 0.15) is 31.2 Å². The van der Waals surface area contributed by atoms with Crippen molar-refractivity contribution in [3.05, 3.63) is 28.8 Å². The number of nitrogens with one attached hydrogen (secondary N) is 1. The Labute approximate surface area is 160 Å². The SMILES string of the molecule is CS(=O)(=O)N(CC(=O)N[C@H]1C[C@@H]2CC[C@H]1C2)c1cc(C(F)(F)F)ccc1Cl. The maximum absolute atomic E-state index is 13.0. The van der Waals surface area contributed by atoms with Crippen molar-refractivity contribution in [3.63, 3.8) is 0 Å². The molecule has 3 rings (SSSR count). The number of alkyl halides is 3. The number of amides is 1. The van der Waals surface area contributed by atoms with Crippen molar-refractivity contribution < 1.29 is 26.4 Å². The Morgan fingerprint density at radius 1 is 1.30 bits per heavy atom. The molecule has 150 valence electrons. The van der Waals surface area contributed by atoms with Gasteiger partial charge in [-0.05, 0) is 49.3 Å². The first kappa shape index (κ1) is 20.3. The molecule has 0 aliphatic heterocycles. The summed E-state index contributed by atoms with van der Waals surface area (Å²) in [4.78, 5) is 12.4. The number of rotatable bonds is 5. The third-order valence-corrected chi connectivity index (χ3v) is 6.76. The Morgan fingerprint density at radius 2 is 2.00 bits per heavy atom. The number of benzene rings is 1. The van der Waals surface area contributed by atoms with Gasteiger partial charge in [-0.2, -0.15) is 13.2 Å². The maximum atomic E-state index is 13.0. The number of hydrogen-bond donors (Lipinski definition) is 1. The molecule has 0 aromatic heterocycles. The highest BCUT2D eigenvalue weighted by Gasteiger charge is 2.40. The van der Waals surface area contributed by atoms with Crippen molar-refractivity contribution in [1.29, 1.82) is 0 Å². The Kier molecular flexibility index (Phi) is 5.37. The summed E-state index contributed by atoms with van der Waals surface area (Å²) in [5.74, 6) is 0.429. The van der Waals surface area contributed by atoms with Crippen molar-refractivity contribution in [2.75, 3.05) is 17.1 Å². The van der Waals surface area contributed by atoms with Crippen molar-refractivity contribution in [2.45, 2.75) is 37.9 Å². The number of carbonyl (C=O) groups is 1. The molecule has 0 saturated heterocycles. The van der Waals surface area contributed by atoms with Gasteiger partial charge in [-0.15, -0.1) is 0 Å². The zero-order valence-electron chi connectivity index (χ0n) is 14.6. The first-order valence-electron chi connectivity index (χ1n) is 8.59. The lowest BCUT2D eigenvalue weighted by atomic mass is 9.95. The van der Waals surface area contributed by atoms with Crippen molar-refractivity contribution in [3.8, 4) is 0 Å². The standard InChI is InChI=1S/C17H20ClF3N2O3S/c1-27(25,26)23(15-8-12(17(19,20)21)4-5-13(15)18)9-16(24)22-14-7-10-2-3-11(14)6-10/h4-5,8,10-11,14H,2-3,6-7,9H2,1H3,(H,22,24)/t10-,11+,14+/m1/s1. The molecule has 3 atom stereocenters. The number of halogens is 4. The number of sulfonamides is 1. The van der Waals surface area contributed by atoms with Gasteiger partial charge in [0, 0.05) is 6.04 Å². The first-order chi connectivity index (χ1) is 12.4. The van der Waals surface area contributed by atoms with Gasteiger partial charge in [-0.25, -0.2) is 8.42 Å². The number of hydrogen-bond acceptors (Lipinski definition) is 3.